The molecular formula is C9H12F2O. The van der Waals surface area contributed by atoms with Gasteiger partial charge in [0.1, 0.15) is 5.76 Å². The number of alkyl halides is 2. The molecule has 12 heavy (non-hydrogen) atoms. The van der Waals surface area contributed by atoms with E-state index in [1.54, 1.807) is 6.07 Å². The number of furan rings is 1. The van der Waals surface area contributed by atoms with Crippen molar-refractivity contribution in [1.29, 1.82) is 0 Å². The quantitative estimate of drug-likeness (QED) is 0.634. The third-order valence-corrected chi connectivity index (χ3v) is 1.58. The van der Waals surface area contributed by atoms with E-state index in [2.05, 4.69) is 0 Å². The summed E-state index contributed by atoms with van der Waals surface area (Å²) in [5.41, 5.74) is -0.201. The predicted octanol–water partition coefficient (Wildman–Crippen LogP) is 3.51. The van der Waals surface area contributed by atoms with E-state index in [-0.39, 0.29) is 11.2 Å². The zero-order valence-electron chi connectivity index (χ0n) is 7.40. The molecule has 0 aliphatic rings. The van der Waals surface area contributed by atoms with Crippen molar-refractivity contribution in [3.8, 4) is 0 Å². The van der Waals surface area contributed by atoms with Crippen molar-refractivity contribution < 1.29 is 13.2 Å². The van der Waals surface area contributed by atoms with Gasteiger partial charge in [-0.25, -0.2) is 8.78 Å². The lowest BCUT2D eigenvalue weighted by Crippen LogP contribution is -2.09. The van der Waals surface area contributed by atoms with Crippen LogP contribution in [0.25, 0.3) is 0 Å². The van der Waals surface area contributed by atoms with Crippen molar-refractivity contribution in [3.63, 3.8) is 0 Å². The Morgan fingerprint density at radius 1 is 1.25 bits per heavy atom. The first-order valence-electron chi connectivity index (χ1n) is 3.79. The van der Waals surface area contributed by atoms with Gasteiger partial charge in [0.2, 0.25) is 0 Å². The Balaban J connectivity index is 2.92. The van der Waals surface area contributed by atoms with Crippen LogP contribution in [0.3, 0.4) is 0 Å². The Morgan fingerprint density at radius 2 is 1.83 bits per heavy atom. The fourth-order valence-corrected chi connectivity index (χ4v) is 0.873. The second-order valence-electron chi connectivity index (χ2n) is 3.75. The first kappa shape index (κ1) is 9.23. The molecule has 1 heterocycles. The summed E-state index contributed by atoms with van der Waals surface area (Å²) in [6.07, 6.45) is -2.51. The molecule has 1 aromatic rings. The molecule has 0 aliphatic heterocycles. The molecule has 1 aromatic heterocycles. The highest BCUT2D eigenvalue weighted by Crippen LogP contribution is 2.28. The summed E-state index contributed by atoms with van der Waals surface area (Å²) in [5.74, 6) is 0.345. The highest BCUT2D eigenvalue weighted by Gasteiger charge is 2.20. The highest BCUT2D eigenvalue weighted by molar-refractivity contribution is 5.14. The van der Waals surface area contributed by atoms with E-state index in [1.807, 2.05) is 20.8 Å². The minimum Gasteiger partial charge on any atom is -0.459 e. The van der Waals surface area contributed by atoms with Gasteiger partial charge in [0.25, 0.3) is 6.43 Å². The van der Waals surface area contributed by atoms with E-state index in [9.17, 15) is 8.78 Å². The van der Waals surface area contributed by atoms with Crippen LogP contribution >= 0.6 is 0 Å². The molecule has 0 unspecified atom stereocenters. The topological polar surface area (TPSA) is 13.1 Å². The standard InChI is InChI=1S/C9H12F2O/c1-9(2,3)7-5-4-6(12-7)8(10)11/h4-5,8H,1-3H3. The summed E-state index contributed by atoms with van der Waals surface area (Å²) in [6, 6.07) is 2.92. The Labute approximate surface area is 70.4 Å². The molecule has 0 amide bonds. The summed E-state index contributed by atoms with van der Waals surface area (Å²) >= 11 is 0. The lowest BCUT2D eigenvalue weighted by atomic mass is 9.94. The van der Waals surface area contributed by atoms with E-state index in [0.717, 1.165) is 0 Å². The summed E-state index contributed by atoms with van der Waals surface area (Å²) in [7, 11) is 0. The molecular weight excluding hydrogens is 162 g/mol. The molecule has 0 bridgehead atoms. The van der Waals surface area contributed by atoms with Gasteiger partial charge in [0.05, 0.1) is 0 Å². The summed E-state index contributed by atoms with van der Waals surface area (Å²) < 4.78 is 29.1. The van der Waals surface area contributed by atoms with Crippen LogP contribution in [-0.4, -0.2) is 0 Å². The van der Waals surface area contributed by atoms with E-state index in [0.29, 0.717) is 5.76 Å². The van der Waals surface area contributed by atoms with Crippen LogP contribution < -0.4 is 0 Å². The van der Waals surface area contributed by atoms with Gasteiger partial charge in [-0.2, -0.15) is 0 Å². The van der Waals surface area contributed by atoms with Gasteiger partial charge in [0.15, 0.2) is 5.76 Å². The Morgan fingerprint density at radius 3 is 2.08 bits per heavy atom. The minimum absolute atomic E-state index is 0.201. The van der Waals surface area contributed by atoms with Gasteiger partial charge >= 0.3 is 0 Å². The predicted molar refractivity (Wildman–Crippen MR) is 42.4 cm³/mol. The fraction of sp³-hybridized carbons (Fsp3) is 0.556. The van der Waals surface area contributed by atoms with Gasteiger partial charge in [-0.3, -0.25) is 0 Å². The van der Waals surface area contributed by atoms with Crippen LogP contribution in [0.5, 0.6) is 0 Å². The van der Waals surface area contributed by atoms with Crippen LogP contribution in [0.1, 0.15) is 38.7 Å². The molecule has 1 nitrogen and oxygen atoms in total. The van der Waals surface area contributed by atoms with Gasteiger partial charge in [-0.05, 0) is 12.1 Å². The fourth-order valence-electron chi connectivity index (χ4n) is 0.873. The second kappa shape index (κ2) is 2.88. The molecule has 68 valence electrons. The average molecular weight is 174 g/mol. The Bertz CT molecular complexity index is 258. The Kier molecular flexibility index (Phi) is 2.22. The third kappa shape index (κ3) is 1.84. The maximum absolute atomic E-state index is 12.1. The summed E-state index contributed by atoms with van der Waals surface area (Å²) in [4.78, 5) is 0. The van der Waals surface area contributed by atoms with Crippen LogP contribution in [0.15, 0.2) is 16.5 Å². The van der Waals surface area contributed by atoms with Crippen LogP contribution in [0, 0.1) is 0 Å². The van der Waals surface area contributed by atoms with Crippen molar-refractivity contribution >= 4 is 0 Å². The molecule has 0 aromatic carbocycles. The zero-order chi connectivity index (χ0) is 9.35. The molecule has 0 fully saturated rings. The van der Waals surface area contributed by atoms with E-state index >= 15 is 0 Å². The normalized spacial score (nSPS) is 12.5. The molecule has 0 saturated heterocycles. The molecule has 0 atom stereocenters. The lowest BCUT2D eigenvalue weighted by Gasteiger charge is -2.13. The molecule has 1 rings (SSSR count). The van der Waals surface area contributed by atoms with Crippen molar-refractivity contribution in [3.05, 3.63) is 23.7 Å². The molecule has 0 N–H and O–H groups in total. The van der Waals surface area contributed by atoms with Crippen molar-refractivity contribution in [2.45, 2.75) is 32.6 Å². The molecule has 0 saturated carbocycles. The largest absolute Gasteiger partial charge is 0.459 e. The number of hydrogen-bond donors (Lipinski definition) is 0. The van der Waals surface area contributed by atoms with Crippen molar-refractivity contribution in [1.82, 2.24) is 0 Å². The zero-order valence-corrected chi connectivity index (χ0v) is 7.40. The van der Waals surface area contributed by atoms with Gasteiger partial charge < -0.3 is 4.42 Å². The number of halogens is 2. The van der Waals surface area contributed by atoms with Gasteiger partial charge in [-0.15, -0.1) is 0 Å². The number of hydrogen-bond acceptors (Lipinski definition) is 1. The van der Waals surface area contributed by atoms with Crippen molar-refractivity contribution in [2.75, 3.05) is 0 Å². The SMILES string of the molecule is CC(C)(C)c1ccc(C(F)F)o1. The maximum Gasteiger partial charge on any atom is 0.295 e. The first-order valence-corrected chi connectivity index (χ1v) is 3.79. The average Bonchev–Trinajstić information content (AvgIpc) is 2.30. The third-order valence-electron chi connectivity index (χ3n) is 1.58. The molecule has 0 radical (unpaired) electrons. The van der Waals surface area contributed by atoms with Gasteiger partial charge in [0, 0.05) is 5.41 Å². The van der Waals surface area contributed by atoms with E-state index in [1.165, 1.54) is 6.07 Å². The molecule has 0 aliphatic carbocycles. The smallest absolute Gasteiger partial charge is 0.295 e. The minimum atomic E-state index is -2.51. The monoisotopic (exact) mass is 174 g/mol. The summed E-state index contributed by atoms with van der Waals surface area (Å²) in [6.45, 7) is 5.75. The van der Waals surface area contributed by atoms with Gasteiger partial charge in [-0.1, -0.05) is 20.8 Å². The summed E-state index contributed by atoms with van der Waals surface area (Å²) in [5, 5.41) is 0. The van der Waals surface area contributed by atoms with E-state index < -0.39 is 6.43 Å². The van der Waals surface area contributed by atoms with Crippen LogP contribution in [0.4, 0.5) is 8.78 Å². The molecule has 0 spiro atoms. The van der Waals surface area contributed by atoms with Crippen LogP contribution in [-0.2, 0) is 5.41 Å². The van der Waals surface area contributed by atoms with Crippen LogP contribution in [0.2, 0.25) is 0 Å². The number of rotatable bonds is 1. The second-order valence-corrected chi connectivity index (χ2v) is 3.75. The Hall–Kier alpha value is -0.860. The highest BCUT2D eigenvalue weighted by atomic mass is 19.3. The maximum atomic E-state index is 12.1. The van der Waals surface area contributed by atoms with E-state index in [4.69, 9.17) is 4.42 Å². The molecule has 3 heteroatoms. The van der Waals surface area contributed by atoms with Crippen molar-refractivity contribution in [2.24, 2.45) is 0 Å². The first-order chi connectivity index (χ1) is 5.41. The lowest BCUT2D eigenvalue weighted by molar-refractivity contribution is 0.118.